The second-order valence-electron chi connectivity index (χ2n) is 5.29. The minimum absolute atomic E-state index is 0.223. The molecule has 0 aromatic carbocycles. The Morgan fingerprint density at radius 1 is 1.26 bits per heavy atom. The number of carbonyl (C=O) groups excluding carboxylic acids is 1. The van der Waals surface area contributed by atoms with E-state index in [1.165, 1.54) is 0 Å². The zero-order valence-corrected chi connectivity index (χ0v) is 12.7. The normalized spacial score (nSPS) is 12.2. The Bertz CT molecular complexity index is 414. The number of carbonyl (C=O) groups is 1. The number of esters is 1. The molecule has 0 heterocycles. The van der Waals surface area contributed by atoms with Crippen LogP contribution < -0.4 is 0 Å². The molecular formula is C12H24NO5S+. The number of quaternary nitrogens is 1. The molecule has 0 spiro atoms. The molecule has 0 saturated carbocycles. The van der Waals surface area contributed by atoms with Gasteiger partial charge in [0.1, 0.15) is 0 Å². The topological polar surface area (TPSA) is 80.7 Å². The van der Waals surface area contributed by atoms with Crippen molar-refractivity contribution in [1.82, 2.24) is 0 Å². The summed E-state index contributed by atoms with van der Waals surface area (Å²) in [5.74, 6) is -0.615. The molecule has 0 unspecified atom stereocenters. The minimum Gasteiger partial charge on any atom is -0.462 e. The van der Waals surface area contributed by atoms with Crippen LogP contribution in [0.25, 0.3) is 0 Å². The standard InChI is InChI=1S/C12H23NO5S/c1-11(2)12(14)18-9-5-7-13(3,4)8-6-10-19(15,16)17/h1,5-10H2,2-4H3/p+1. The fourth-order valence-corrected chi connectivity index (χ4v) is 2.06. The van der Waals surface area contributed by atoms with Gasteiger partial charge in [0.15, 0.2) is 0 Å². The summed E-state index contributed by atoms with van der Waals surface area (Å²) in [5.41, 5.74) is 0.377. The van der Waals surface area contributed by atoms with E-state index in [9.17, 15) is 13.2 Å². The molecule has 0 aromatic heterocycles. The Kier molecular flexibility index (Phi) is 7.25. The molecule has 112 valence electrons. The Balaban J connectivity index is 3.85. The van der Waals surface area contributed by atoms with E-state index in [4.69, 9.17) is 9.29 Å². The van der Waals surface area contributed by atoms with E-state index in [1.807, 2.05) is 14.1 Å². The van der Waals surface area contributed by atoms with Crippen LogP contribution in [0.4, 0.5) is 0 Å². The van der Waals surface area contributed by atoms with E-state index in [1.54, 1.807) is 6.92 Å². The SMILES string of the molecule is C=C(C)C(=O)OCCC[N+](C)(C)CCCS(=O)(=O)O. The zero-order chi connectivity index (χ0) is 15.1. The molecule has 0 aliphatic rings. The van der Waals surface area contributed by atoms with E-state index in [-0.39, 0.29) is 5.75 Å². The van der Waals surface area contributed by atoms with Crippen molar-refractivity contribution in [2.45, 2.75) is 19.8 Å². The highest BCUT2D eigenvalue weighted by molar-refractivity contribution is 7.85. The van der Waals surface area contributed by atoms with E-state index in [0.717, 1.165) is 6.54 Å². The number of rotatable bonds is 9. The third-order valence-corrected chi connectivity index (χ3v) is 3.46. The van der Waals surface area contributed by atoms with Crippen LogP contribution >= 0.6 is 0 Å². The highest BCUT2D eigenvalue weighted by atomic mass is 32.2. The van der Waals surface area contributed by atoms with Crippen molar-refractivity contribution in [3.8, 4) is 0 Å². The zero-order valence-electron chi connectivity index (χ0n) is 11.9. The molecule has 0 amide bonds. The van der Waals surface area contributed by atoms with Crippen molar-refractivity contribution in [2.75, 3.05) is 39.5 Å². The molecule has 0 aliphatic carbocycles. The van der Waals surface area contributed by atoms with Crippen molar-refractivity contribution in [2.24, 2.45) is 0 Å². The van der Waals surface area contributed by atoms with Crippen molar-refractivity contribution in [3.05, 3.63) is 12.2 Å². The lowest BCUT2D eigenvalue weighted by atomic mass is 10.3. The van der Waals surface area contributed by atoms with Crippen molar-refractivity contribution in [1.29, 1.82) is 0 Å². The van der Waals surface area contributed by atoms with Crippen molar-refractivity contribution < 1.29 is 27.0 Å². The molecule has 0 radical (unpaired) electrons. The average Bonchev–Trinajstić information content (AvgIpc) is 2.21. The summed E-state index contributed by atoms with van der Waals surface area (Å²) >= 11 is 0. The van der Waals surface area contributed by atoms with E-state index < -0.39 is 16.1 Å². The van der Waals surface area contributed by atoms with Gasteiger partial charge in [0, 0.05) is 18.4 Å². The lowest BCUT2D eigenvalue weighted by Gasteiger charge is -2.29. The van der Waals surface area contributed by atoms with Gasteiger partial charge in [0.25, 0.3) is 10.1 Å². The summed E-state index contributed by atoms with van der Waals surface area (Å²) in [4.78, 5) is 11.1. The summed E-state index contributed by atoms with van der Waals surface area (Å²) in [6.07, 6.45) is 1.09. The number of hydrogen-bond acceptors (Lipinski definition) is 4. The molecule has 0 atom stereocenters. The van der Waals surface area contributed by atoms with Crippen LogP contribution in [0, 0.1) is 0 Å². The summed E-state index contributed by atoms with van der Waals surface area (Å²) in [6, 6.07) is 0. The monoisotopic (exact) mass is 294 g/mol. The van der Waals surface area contributed by atoms with Crippen LogP contribution in [0.3, 0.4) is 0 Å². The first-order valence-corrected chi connectivity index (χ1v) is 7.74. The minimum atomic E-state index is -3.88. The maximum absolute atomic E-state index is 11.1. The fraction of sp³-hybridized carbons (Fsp3) is 0.750. The van der Waals surface area contributed by atoms with Crippen LogP contribution in [-0.4, -0.2) is 63.0 Å². The van der Waals surface area contributed by atoms with Gasteiger partial charge in [-0.05, 0) is 6.92 Å². The lowest BCUT2D eigenvalue weighted by Crippen LogP contribution is -2.42. The summed E-state index contributed by atoms with van der Waals surface area (Å²) in [6.45, 7) is 6.80. The maximum atomic E-state index is 11.1. The molecule has 1 N–H and O–H groups in total. The largest absolute Gasteiger partial charge is 0.462 e. The van der Waals surface area contributed by atoms with E-state index >= 15 is 0 Å². The second kappa shape index (κ2) is 7.62. The third kappa shape index (κ3) is 10.7. The van der Waals surface area contributed by atoms with Crippen LogP contribution in [0.5, 0.6) is 0 Å². The highest BCUT2D eigenvalue weighted by Gasteiger charge is 2.16. The maximum Gasteiger partial charge on any atom is 0.333 e. The van der Waals surface area contributed by atoms with Crippen LogP contribution in [0.2, 0.25) is 0 Å². The average molecular weight is 294 g/mol. The van der Waals surface area contributed by atoms with Crippen LogP contribution in [0.15, 0.2) is 12.2 Å². The Morgan fingerprint density at radius 2 is 1.79 bits per heavy atom. The smallest absolute Gasteiger partial charge is 0.333 e. The summed E-state index contributed by atoms with van der Waals surface area (Å²) in [5, 5.41) is 0. The predicted octanol–water partition coefficient (Wildman–Crippen LogP) is 0.850. The number of ether oxygens (including phenoxy) is 1. The van der Waals surface area contributed by atoms with E-state index in [0.29, 0.717) is 36.0 Å². The molecule has 0 rings (SSSR count). The summed E-state index contributed by atoms with van der Waals surface area (Å²) in [7, 11) is 0.0442. The van der Waals surface area contributed by atoms with Gasteiger partial charge in [0.2, 0.25) is 0 Å². The number of hydrogen-bond donors (Lipinski definition) is 1. The van der Waals surface area contributed by atoms with Gasteiger partial charge < -0.3 is 9.22 Å². The first-order valence-electron chi connectivity index (χ1n) is 6.13. The molecule has 0 fully saturated rings. The van der Waals surface area contributed by atoms with Crippen molar-refractivity contribution in [3.63, 3.8) is 0 Å². The second-order valence-corrected chi connectivity index (χ2v) is 6.86. The molecule has 0 saturated heterocycles. The quantitative estimate of drug-likeness (QED) is 0.224. The Hall–Kier alpha value is -0.920. The van der Waals surface area contributed by atoms with Gasteiger partial charge in [-0.2, -0.15) is 8.42 Å². The van der Waals surface area contributed by atoms with Crippen LogP contribution in [-0.2, 0) is 19.6 Å². The molecule has 0 aromatic rings. The molecule has 0 aliphatic heterocycles. The van der Waals surface area contributed by atoms with Gasteiger partial charge in [-0.15, -0.1) is 0 Å². The third-order valence-electron chi connectivity index (χ3n) is 2.66. The highest BCUT2D eigenvalue weighted by Crippen LogP contribution is 2.03. The molecule has 0 bridgehead atoms. The van der Waals surface area contributed by atoms with Gasteiger partial charge in [0.05, 0.1) is 39.5 Å². The lowest BCUT2D eigenvalue weighted by molar-refractivity contribution is -0.890. The van der Waals surface area contributed by atoms with Gasteiger partial charge >= 0.3 is 5.97 Å². The van der Waals surface area contributed by atoms with Gasteiger partial charge in [-0.3, -0.25) is 4.55 Å². The van der Waals surface area contributed by atoms with Crippen LogP contribution in [0.1, 0.15) is 19.8 Å². The molecular weight excluding hydrogens is 270 g/mol. The number of nitrogens with zero attached hydrogens (tertiary/aromatic N) is 1. The van der Waals surface area contributed by atoms with Gasteiger partial charge in [-0.1, -0.05) is 6.58 Å². The molecule has 7 heteroatoms. The first-order chi connectivity index (χ1) is 8.53. The first kappa shape index (κ1) is 18.1. The van der Waals surface area contributed by atoms with E-state index in [2.05, 4.69) is 6.58 Å². The Labute approximate surface area is 115 Å². The molecule has 6 nitrogen and oxygen atoms in total. The predicted molar refractivity (Wildman–Crippen MR) is 73.3 cm³/mol. The Morgan fingerprint density at radius 3 is 2.26 bits per heavy atom. The summed E-state index contributed by atoms with van der Waals surface area (Å²) < 4.78 is 35.4. The fourth-order valence-electron chi connectivity index (χ4n) is 1.57. The van der Waals surface area contributed by atoms with Crippen molar-refractivity contribution >= 4 is 16.1 Å². The molecule has 19 heavy (non-hydrogen) atoms. The van der Waals surface area contributed by atoms with Gasteiger partial charge in [-0.25, -0.2) is 4.79 Å².